The molecule has 2 aliphatic rings. The summed E-state index contributed by atoms with van der Waals surface area (Å²) in [5, 5.41) is 0.684. The second-order valence-corrected chi connectivity index (χ2v) is 9.15. The monoisotopic (exact) mass is 410 g/mol. The van der Waals surface area contributed by atoms with Crippen LogP contribution in [0.2, 0.25) is 10.0 Å². The first-order chi connectivity index (χ1) is 12.3. The zero-order valence-corrected chi connectivity index (χ0v) is 16.2. The molecule has 0 aromatic heterocycles. The highest BCUT2D eigenvalue weighted by Crippen LogP contribution is 2.44. The van der Waals surface area contributed by atoms with E-state index in [1.807, 2.05) is 6.92 Å². The Morgan fingerprint density at radius 3 is 2.50 bits per heavy atom. The first-order valence-electron chi connectivity index (χ1n) is 8.23. The number of amides is 1. The molecule has 0 fully saturated rings. The van der Waals surface area contributed by atoms with Crippen molar-refractivity contribution in [2.45, 2.75) is 30.6 Å². The summed E-state index contributed by atoms with van der Waals surface area (Å²) < 4.78 is 28.3. The number of benzene rings is 2. The van der Waals surface area contributed by atoms with Gasteiger partial charge in [-0.25, -0.2) is 8.42 Å². The average Bonchev–Trinajstić information content (AvgIpc) is 2.80. The van der Waals surface area contributed by atoms with Crippen LogP contribution in [0.4, 0.5) is 11.4 Å². The lowest BCUT2D eigenvalue weighted by Crippen LogP contribution is -2.32. The standard InChI is InChI=1S/C18H16Cl2N2O3S/c1-10-16-9-15(5-11-3-2-4-22(17(11)16)18(10)23)26(24,25)21-14-7-12(19)6-13(20)8-14/h5-10,21H,2-4H2,1H3/t10-/m1/s1. The molecule has 136 valence electrons. The Bertz CT molecular complexity index is 1020. The van der Waals surface area contributed by atoms with E-state index in [-0.39, 0.29) is 16.7 Å². The molecule has 0 aliphatic carbocycles. The predicted molar refractivity (Wildman–Crippen MR) is 103 cm³/mol. The topological polar surface area (TPSA) is 66.5 Å². The smallest absolute Gasteiger partial charge is 0.261 e. The molecular weight excluding hydrogens is 395 g/mol. The Morgan fingerprint density at radius 1 is 1.12 bits per heavy atom. The molecule has 0 saturated carbocycles. The van der Waals surface area contributed by atoms with E-state index >= 15 is 0 Å². The molecule has 0 spiro atoms. The summed E-state index contributed by atoms with van der Waals surface area (Å²) in [5.41, 5.74) is 2.86. The second kappa shape index (κ2) is 6.15. The molecule has 2 aliphatic heterocycles. The van der Waals surface area contributed by atoms with E-state index in [2.05, 4.69) is 4.72 Å². The van der Waals surface area contributed by atoms with Gasteiger partial charge in [-0.2, -0.15) is 0 Å². The van der Waals surface area contributed by atoms with Gasteiger partial charge in [0.15, 0.2) is 0 Å². The molecule has 1 atom stereocenters. The summed E-state index contributed by atoms with van der Waals surface area (Å²) in [5.74, 6) is -0.303. The fourth-order valence-corrected chi connectivity index (χ4v) is 5.30. The van der Waals surface area contributed by atoms with Gasteiger partial charge < -0.3 is 4.90 Å². The number of halogens is 2. The molecule has 5 nitrogen and oxygen atoms in total. The van der Waals surface area contributed by atoms with Crippen LogP contribution in [0.1, 0.15) is 30.4 Å². The highest BCUT2D eigenvalue weighted by atomic mass is 35.5. The van der Waals surface area contributed by atoms with E-state index in [1.54, 1.807) is 17.0 Å². The molecule has 0 radical (unpaired) electrons. The van der Waals surface area contributed by atoms with Crippen LogP contribution in [0.15, 0.2) is 35.2 Å². The summed E-state index contributed by atoms with van der Waals surface area (Å²) in [7, 11) is -3.83. The molecule has 2 aromatic carbocycles. The van der Waals surface area contributed by atoms with Crippen molar-refractivity contribution in [2.75, 3.05) is 16.2 Å². The van der Waals surface area contributed by atoms with Crippen molar-refractivity contribution in [3.63, 3.8) is 0 Å². The van der Waals surface area contributed by atoms with Crippen molar-refractivity contribution >= 4 is 50.5 Å². The fraction of sp³-hybridized carbons (Fsp3) is 0.278. The molecule has 4 rings (SSSR count). The van der Waals surface area contributed by atoms with Crippen LogP contribution in [-0.2, 0) is 21.2 Å². The van der Waals surface area contributed by atoms with Crippen LogP contribution in [0.5, 0.6) is 0 Å². The SMILES string of the molecule is C[C@H]1C(=O)N2CCCc3cc(S(=O)(=O)Nc4cc(Cl)cc(Cl)c4)cc1c32. The molecule has 0 unspecified atom stereocenters. The molecule has 0 bridgehead atoms. The molecule has 2 heterocycles. The van der Waals surface area contributed by atoms with Gasteiger partial charge in [-0.1, -0.05) is 23.2 Å². The van der Waals surface area contributed by atoms with E-state index in [0.29, 0.717) is 22.3 Å². The maximum atomic E-state index is 12.9. The van der Waals surface area contributed by atoms with Crippen LogP contribution in [0.3, 0.4) is 0 Å². The predicted octanol–water partition coefficient (Wildman–Crippen LogP) is 4.19. The van der Waals surface area contributed by atoms with Crippen LogP contribution in [-0.4, -0.2) is 20.9 Å². The van der Waals surface area contributed by atoms with Gasteiger partial charge in [0.25, 0.3) is 10.0 Å². The normalized spacial score (nSPS) is 18.8. The Labute approximate surface area is 162 Å². The van der Waals surface area contributed by atoms with Gasteiger partial charge in [-0.05, 0) is 61.2 Å². The van der Waals surface area contributed by atoms with Crippen molar-refractivity contribution in [3.8, 4) is 0 Å². The lowest BCUT2D eigenvalue weighted by molar-refractivity contribution is -0.119. The molecule has 8 heteroatoms. The van der Waals surface area contributed by atoms with Crippen LogP contribution >= 0.6 is 23.2 Å². The maximum Gasteiger partial charge on any atom is 0.261 e. The van der Waals surface area contributed by atoms with Gasteiger partial charge in [-0.15, -0.1) is 0 Å². The van der Waals surface area contributed by atoms with E-state index in [0.717, 1.165) is 29.7 Å². The van der Waals surface area contributed by atoms with Gasteiger partial charge in [0, 0.05) is 16.6 Å². The molecule has 0 saturated heterocycles. The minimum atomic E-state index is -3.83. The number of hydrogen-bond acceptors (Lipinski definition) is 3. The Morgan fingerprint density at radius 2 is 1.81 bits per heavy atom. The quantitative estimate of drug-likeness (QED) is 0.824. The zero-order chi connectivity index (χ0) is 18.6. The number of sulfonamides is 1. The number of rotatable bonds is 3. The van der Waals surface area contributed by atoms with Crippen molar-refractivity contribution in [1.82, 2.24) is 0 Å². The van der Waals surface area contributed by atoms with Crippen molar-refractivity contribution in [2.24, 2.45) is 0 Å². The molecule has 2 aromatic rings. The zero-order valence-electron chi connectivity index (χ0n) is 13.9. The highest BCUT2D eigenvalue weighted by molar-refractivity contribution is 7.92. The molecular formula is C18H16Cl2N2O3S. The number of carbonyl (C=O) groups is 1. The van der Waals surface area contributed by atoms with Gasteiger partial charge in [0.05, 0.1) is 22.2 Å². The molecule has 26 heavy (non-hydrogen) atoms. The fourth-order valence-electron chi connectivity index (χ4n) is 3.65. The summed E-state index contributed by atoms with van der Waals surface area (Å²) in [6.45, 7) is 2.51. The van der Waals surface area contributed by atoms with Crippen molar-refractivity contribution in [3.05, 3.63) is 51.5 Å². The Balaban J connectivity index is 1.78. The average molecular weight is 411 g/mol. The van der Waals surface area contributed by atoms with Crippen molar-refractivity contribution in [1.29, 1.82) is 0 Å². The summed E-state index contributed by atoms with van der Waals surface area (Å²) >= 11 is 11.9. The number of carbonyl (C=O) groups excluding carboxylic acids is 1. The van der Waals surface area contributed by atoms with E-state index in [4.69, 9.17) is 23.2 Å². The minimum absolute atomic E-state index is 0.0325. The third-order valence-electron chi connectivity index (χ3n) is 4.82. The third-order valence-corrected chi connectivity index (χ3v) is 6.61. The van der Waals surface area contributed by atoms with Gasteiger partial charge >= 0.3 is 0 Å². The minimum Gasteiger partial charge on any atom is -0.311 e. The van der Waals surface area contributed by atoms with Crippen LogP contribution < -0.4 is 9.62 Å². The summed E-state index contributed by atoms with van der Waals surface area (Å²) in [4.78, 5) is 14.4. The molecule has 1 amide bonds. The Hall–Kier alpha value is -1.76. The van der Waals surface area contributed by atoms with Gasteiger partial charge in [0.2, 0.25) is 5.91 Å². The largest absolute Gasteiger partial charge is 0.311 e. The van der Waals surface area contributed by atoms with E-state index < -0.39 is 10.0 Å². The van der Waals surface area contributed by atoms with Crippen molar-refractivity contribution < 1.29 is 13.2 Å². The summed E-state index contributed by atoms with van der Waals surface area (Å²) in [6.07, 6.45) is 1.58. The lowest BCUT2D eigenvalue weighted by Gasteiger charge is -2.26. The number of hydrogen-bond donors (Lipinski definition) is 1. The number of aryl methyl sites for hydroxylation is 1. The lowest BCUT2D eigenvalue weighted by atomic mass is 9.97. The first kappa shape index (κ1) is 17.6. The molecule has 1 N–H and O–H groups in total. The van der Waals surface area contributed by atoms with Gasteiger partial charge in [0.1, 0.15) is 0 Å². The number of anilines is 2. The van der Waals surface area contributed by atoms with E-state index in [9.17, 15) is 13.2 Å². The highest BCUT2D eigenvalue weighted by Gasteiger charge is 2.38. The Kier molecular flexibility index (Phi) is 4.17. The number of nitrogens with zero attached hydrogens (tertiary/aromatic N) is 1. The third kappa shape index (κ3) is 2.86. The van der Waals surface area contributed by atoms with Crippen LogP contribution in [0, 0.1) is 0 Å². The van der Waals surface area contributed by atoms with Gasteiger partial charge in [-0.3, -0.25) is 9.52 Å². The number of nitrogens with one attached hydrogen (secondary N) is 1. The van der Waals surface area contributed by atoms with Crippen LogP contribution in [0.25, 0.3) is 0 Å². The maximum absolute atomic E-state index is 12.9. The first-order valence-corrected chi connectivity index (χ1v) is 10.5. The summed E-state index contributed by atoms with van der Waals surface area (Å²) in [6, 6.07) is 7.78. The second-order valence-electron chi connectivity index (χ2n) is 6.60. The van der Waals surface area contributed by atoms with E-state index in [1.165, 1.54) is 18.2 Å².